The fraction of sp³-hybridized carbons (Fsp3) is 0.0476. The van der Waals surface area contributed by atoms with Crippen LogP contribution in [0.15, 0.2) is 77.6 Å². The summed E-state index contributed by atoms with van der Waals surface area (Å²) < 4.78 is 13.8. The van der Waals surface area contributed by atoms with Crippen LogP contribution < -0.4 is 11.0 Å². The Bertz CT molecular complexity index is 1160. The van der Waals surface area contributed by atoms with Crippen molar-refractivity contribution in [3.05, 3.63) is 94.5 Å². The highest BCUT2D eigenvalue weighted by Gasteiger charge is 2.09. The molecule has 128 valence electrons. The molecular weight excluding hydrogens is 331 g/mol. The number of anilines is 1. The zero-order valence-electron chi connectivity index (χ0n) is 13.8. The predicted octanol–water partition coefficient (Wildman–Crippen LogP) is 4.43. The highest BCUT2D eigenvalue weighted by Crippen LogP contribution is 2.28. The Morgan fingerprint density at radius 2 is 1.50 bits per heavy atom. The lowest BCUT2D eigenvalue weighted by molar-refractivity contribution is 0.178. The van der Waals surface area contributed by atoms with E-state index in [1.165, 1.54) is 6.07 Å². The van der Waals surface area contributed by atoms with Crippen LogP contribution in [0, 0.1) is 5.82 Å². The van der Waals surface area contributed by atoms with Crippen LogP contribution in [0.5, 0.6) is 0 Å². The van der Waals surface area contributed by atoms with E-state index < -0.39 is 0 Å². The van der Waals surface area contributed by atoms with Gasteiger partial charge in [-0.3, -0.25) is 15.1 Å². The number of benzene rings is 3. The van der Waals surface area contributed by atoms with Gasteiger partial charge in [0.05, 0.1) is 16.6 Å². The van der Waals surface area contributed by atoms with E-state index in [1.807, 2.05) is 30.3 Å². The van der Waals surface area contributed by atoms with Crippen molar-refractivity contribution in [2.45, 2.75) is 6.61 Å². The van der Waals surface area contributed by atoms with Gasteiger partial charge in [-0.05, 0) is 18.2 Å². The Hall–Kier alpha value is -3.31. The predicted molar refractivity (Wildman–Crippen MR) is 100 cm³/mol. The van der Waals surface area contributed by atoms with Gasteiger partial charge in [-0.15, -0.1) is 0 Å². The molecule has 1 aromatic heterocycles. The molecule has 0 atom stereocenters. The third kappa shape index (κ3) is 3.00. The van der Waals surface area contributed by atoms with Gasteiger partial charge >= 0.3 is 0 Å². The smallest absolute Gasteiger partial charge is 0.271 e. The molecule has 4 aromatic rings. The van der Waals surface area contributed by atoms with Crippen LogP contribution in [-0.2, 0) is 11.4 Å². The van der Waals surface area contributed by atoms with Crippen molar-refractivity contribution in [3.8, 4) is 0 Å². The van der Waals surface area contributed by atoms with Crippen LogP contribution in [0.3, 0.4) is 0 Å². The van der Waals surface area contributed by atoms with E-state index in [-0.39, 0.29) is 18.0 Å². The summed E-state index contributed by atoms with van der Waals surface area (Å²) in [6.45, 7) is 0.0472. The normalized spacial score (nSPS) is 11.0. The summed E-state index contributed by atoms with van der Waals surface area (Å²) in [6, 6.07) is 21.0. The second-order valence-electron chi connectivity index (χ2n) is 5.84. The van der Waals surface area contributed by atoms with E-state index >= 15 is 0 Å². The number of fused-ring (bicyclic) bond motifs is 2. The highest BCUT2D eigenvalue weighted by molar-refractivity contribution is 6.05. The summed E-state index contributed by atoms with van der Waals surface area (Å²) in [6.07, 6.45) is 0. The monoisotopic (exact) mass is 346 g/mol. The van der Waals surface area contributed by atoms with E-state index in [0.29, 0.717) is 27.5 Å². The fourth-order valence-electron chi connectivity index (χ4n) is 2.90. The summed E-state index contributed by atoms with van der Waals surface area (Å²) in [5.41, 5.74) is 4.23. The van der Waals surface area contributed by atoms with Crippen molar-refractivity contribution in [1.29, 1.82) is 0 Å². The molecule has 1 N–H and O–H groups in total. The van der Waals surface area contributed by atoms with Gasteiger partial charge in [0.25, 0.3) is 5.56 Å². The first-order chi connectivity index (χ1) is 12.7. The van der Waals surface area contributed by atoms with Crippen LogP contribution in [0.2, 0.25) is 0 Å². The average molecular weight is 346 g/mol. The maximum atomic E-state index is 13.8. The minimum absolute atomic E-state index is 0.0472. The van der Waals surface area contributed by atoms with Gasteiger partial charge in [0.15, 0.2) is 0 Å². The molecule has 1 heterocycles. The lowest BCUT2D eigenvalue weighted by Crippen LogP contribution is -2.04. The largest absolute Gasteiger partial charge is 0.278 e. The minimum atomic E-state index is -0.328. The molecule has 0 radical (unpaired) electrons. The van der Waals surface area contributed by atoms with Crippen molar-refractivity contribution in [3.63, 3.8) is 0 Å². The number of nitrogens with zero attached hydrogens (tertiary/aromatic N) is 1. The lowest BCUT2D eigenvalue weighted by Gasteiger charge is -2.10. The Morgan fingerprint density at radius 1 is 0.846 bits per heavy atom. The number of halogens is 1. The van der Waals surface area contributed by atoms with Crippen molar-refractivity contribution in [2.24, 2.45) is 0 Å². The van der Waals surface area contributed by atoms with E-state index in [2.05, 4.69) is 10.5 Å². The quantitative estimate of drug-likeness (QED) is 0.555. The molecule has 3 aromatic carbocycles. The number of nitrogens with one attached hydrogen (secondary N) is 1. The summed E-state index contributed by atoms with van der Waals surface area (Å²) in [4.78, 5) is 22.2. The maximum absolute atomic E-state index is 13.8. The van der Waals surface area contributed by atoms with Gasteiger partial charge in [0.2, 0.25) is 0 Å². The first-order valence-corrected chi connectivity index (χ1v) is 8.17. The summed E-state index contributed by atoms with van der Waals surface area (Å²) in [7, 11) is 0. The Labute approximate surface area is 148 Å². The Balaban J connectivity index is 1.81. The molecule has 0 fully saturated rings. The Kier molecular flexibility index (Phi) is 4.29. The molecule has 0 unspecified atom stereocenters. The number of hydrogen-bond donors (Lipinski definition) is 1. The molecule has 0 aliphatic heterocycles. The molecule has 0 aliphatic carbocycles. The number of rotatable bonds is 4. The molecular formula is C21H15FN2O2. The Morgan fingerprint density at radius 3 is 2.31 bits per heavy atom. The maximum Gasteiger partial charge on any atom is 0.278 e. The standard InChI is InChI=1S/C21H15FN2O2/c22-18-11-5-1-7-14(18)13-26-24-20-15-8-2-3-9-16(15)21(25)23-19-12-6-4-10-17(19)20/h1-12,24H,13H2. The summed E-state index contributed by atoms with van der Waals surface area (Å²) in [5, 5.41) is 1.93. The van der Waals surface area contributed by atoms with Crippen LogP contribution >= 0.6 is 0 Å². The highest BCUT2D eigenvalue weighted by atomic mass is 19.1. The molecule has 4 nitrogen and oxygen atoms in total. The number of para-hydroxylation sites is 1. The van der Waals surface area contributed by atoms with Gasteiger partial charge in [0.1, 0.15) is 12.4 Å². The van der Waals surface area contributed by atoms with Crippen LogP contribution in [0.1, 0.15) is 5.56 Å². The van der Waals surface area contributed by atoms with Crippen molar-refractivity contribution >= 4 is 27.4 Å². The van der Waals surface area contributed by atoms with E-state index in [1.54, 1.807) is 36.4 Å². The molecule has 0 amide bonds. The minimum Gasteiger partial charge on any atom is -0.271 e. The zero-order valence-corrected chi connectivity index (χ0v) is 13.8. The van der Waals surface area contributed by atoms with Crippen LogP contribution in [-0.4, -0.2) is 4.98 Å². The first kappa shape index (κ1) is 16.2. The molecule has 0 saturated carbocycles. The molecule has 4 rings (SSSR count). The van der Waals surface area contributed by atoms with Crippen LogP contribution in [0.4, 0.5) is 10.1 Å². The van der Waals surface area contributed by atoms with Gasteiger partial charge in [0, 0.05) is 16.3 Å². The number of aromatic nitrogens is 1. The molecule has 0 saturated heterocycles. The SMILES string of the molecule is O=c1nc2ccccc2c(NOCc2ccccc2F)c2ccccc12. The van der Waals surface area contributed by atoms with E-state index in [4.69, 9.17) is 4.84 Å². The summed E-state index contributed by atoms with van der Waals surface area (Å²) in [5.74, 6) is -0.328. The van der Waals surface area contributed by atoms with Crippen LogP contribution in [0.25, 0.3) is 21.7 Å². The van der Waals surface area contributed by atoms with Gasteiger partial charge in [-0.1, -0.05) is 54.6 Å². The van der Waals surface area contributed by atoms with Gasteiger partial charge < -0.3 is 0 Å². The molecule has 5 heteroatoms. The number of hydrogen-bond acceptors (Lipinski definition) is 4. The van der Waals surface area contributed by atoms with Crippen molar-refractivity contribution in [1.82, 2.24) is 4.98 Å². The fourth-order valence-corrected chi connectivity index (χ4v) is 2.90. The van der Waals surface area contributed by atoms with Gasteiger partial charge in [-0.25, -0.2) is 9.37 Å². The topological polar surface area (TPSA) is 51.2 Å². The molecule has 26 heavy (non-hydrogen) atoms. The second-order valence-corrected chi connectivity index (χ2v) is 5.84. The molecule has 0 spiro atoms. The summed E-state index contributed by atoms with van der Waals surface area (Å²) >= 11 is 0. The molecule has 0 aliphatic rings. The lowest BCUT2D eigenvalue weighted by atomic mass is 10.1. The van der Waals surface area contributed by atoms with E-state index in [0.717, 1.165) is 5.39 Å². The third-order valence-corrected chi connectivity index (χ3v) is 4.18. The third-order valence-electron chi connectivity index (χ3n) is 4.18. The average Bonchev–Trinajstić information content (AvgIpc) is 2.78. The first-order valence-electron chi connectivity index (χ1n) is 8.17. The zero-order chi connectivity index (χ0) is 17.9. The van der Waals surface area contributed by atoms with E-state index in [9.17, 15) is 9.18 Å². The van der Waals surface area contributed by atoms with Crippen molar-refractivity contribution < 1.29 is 9.23 Å². The second kappa shape index (κ2) is 6.90. The van der Waals surface area contributed by atoms with Crippen molar-refractivity contribution in [2.75, 3.05) is 5.48 Å². The van der Waals surface area contributed by atoms with Gasteiger partial charge in [-0.2, -0.15) is 0 Å². The molecule has 0 bridgehead atoms.